The van der Waals surface area contributed by atoms with Gasteiger partial charge in [-0.25, -0.2) is 9.97 Å². The molecule has 1 spiro atoms. The fourth-order valence-corrected chi connectivity index (χ4v) is 3.83. The number of H-pyrrole nitrogens is 1. The zero-order valence-electron chi connectivity index (χ0n) is 13.2. The highest BCUT2D eigenvalue weighted by Gasteiger charge is 2.44. The number of aromatic amines is 1. The van der Waals surface area contributed by atoms with Crippen LogP contribution in [0.2, 0.25) is 0 Å². The second-order valence-electron chi connectivity index (χ2n) is 6.64. The van der Waals surface area contributed by atoms with Crippen molar-refractivity contribution in [1.29, 1.82) is 0 Å². The van der Waals surface area contributed by atoms with E-state index in [2.05, 4.69) is 27.2 Å². The van der Waals surface area contributed by atoms with Crippen molar-refractivity contribution >= 4 is 16.9 Å². The molecule has 1 aliphatic heterocycles. The summed E-state index contributed by atoms with van der Waals surface area (Å²) in [6.45, 7) is 3.06. The first-order chi connectivity index (χ1) is 10.8. The molecule has 2 aliphatic rings. The number of fused-ring (bicyclic) bond motifs is 1. The van der Waals surface area contributed by atoms with E-state index in [4.69, 9.17) is 4.74 Å². The number of rotatable bonds is 5. The van der Waals surface area contributed by atoms with E-state index in [9.17, 15) is 0 Å². The van der Waals surface area contributed by atoms with Crippen molar-refractivity contribution in [2.45, 2.75) is 63.6 Å². The van der Waals surface area contributed by atoms with E-state index in [1.807, 2.05) is 6.20 Å². The zero-order chi connectivity index (χ0) is 15.0. The fourth-order valence-electron chi connectivity index (χ4n) is 3.83. The normalized spacial score (nSPS) is 23.0. The predicted octanol–water partition coefficient (Wildman–Crippen LogP) is 3.42. The SMILES string of the molecule is CCc1c[nH]c2ncnc(NCCC3CCC4(CCC4)O3)c12. The maximum Gasteiger partial charge on any atom is 0.143 e. The third kappa shape index (κ3) is 2.37. The minimum atomic E-state index is 0.267. The molecule has 2 aromatic rings. The highest BCUT2D eigenvalue weighted by Crippen LogP contribution is 2.46. The maximum atomic E-state index is 6.26. The quantitative estimate of drug-likeness (QED) is 0.888. The first-order valence-corrected chi connectivity index (χ1v) is 8.52. The van der Waals surface area contributed by atoms with Crippen LogP contribution in [0.4, 0.5) is 5.82 Å². The molecule has 2 fully saturated rings. The van der Waals surface area contributed by atoms with E-state index in [0.717, 1.165) is 36.2 Å². The van der Waals surface area contributed by atoms with Crippen molar-refractivity contribution < 1.29 is 4.74 Å². The van der Waals surface area contributed by atoms with E-state index in [1.165, 1.54) is 37.7 Å². The first kappa shape index (κ1) is 14.0. The Labute approximate surface area is 130 Å². The van der Waals surface area contributed by atoms with Crippen LogP contribution in [-0.2, 0) is 11.2 Å². The maximum absolute atomic E-state index is 6.26. The molecule has 4 rings (SSSR count). The van der Waals surface area contributed by atoms with Crippen LogP contribution in [0.1, 0.15) is 51.0 Å². The number of nitrogens with zero attached hydrogens (tertiary/aromatic N) is 2. The minimum absolute atomic E-state index is 0.267. The van der Waals surface area contributed by atoms with E-state index >= 15 is 0 Å². The lowest BCUT2D eigenvalue weighted by molar-refractivity contribution is -0.0915. The van der Waals surface area contributed by atoms with Crippen molar-refractivity contribution in [3.8, 4) is 0 Å². The van der Waals surface area contributed by atoms with Crippen molar-refractivity contribution in [3.05, 3.63) is 18.1 Å². The summed E-state index contributed by atoms with van der Waals surface area (Å²) in [5.41, 5.74) is 2.45. The average molecular weight is 300 g/mol. The van der Waals surface area contributed by atoms with Crippen LogP contribution in [0.25, 0.3) is 11.0 Å². The number of aromatic nitrogens is 3. The van der Waals surface area contributed by atoms with Crippen LogP contribution < -0.4 is 5.32 Å². The van der Waals surface area contributed by atoms with Crippen molar-refractivity contribution in [3.63, 3.8) is 0 Å². The van der Waals surface area contributed by atoms with Gasteiger partial charge >= 0.3 is 0 Å². The molecule has 3 heterocycles. The van der Waals surface area contributed by atoms with E-state index in [0.29, 0.717) is 6.10 Å². The van der Waals surface area contributed by atoms with Crippen molar-refractivity contribution in [1.82, 2.24) is 15.0 Å². The molecule has 0 amide bonds. The average Bonchev–Trinajstić information content (AvgIpc) is 3.11. The number of nitrogens with one attached hydrogen (secondary N) is 2. The Kier molecular flexibility index (Phi) is 3.53. The zero-order valence-corrected chi connectivity index (χ0v) is 13.2. The van der Waals surface area contributed by atoms with Crippen molar-refractivity contribution in [2.24, 2.45) is 0 Å². The van der Waals surface area contributed by atoms with Gasteiger partial charge in [0.05, 0.1) is 17.1 Å². The van der Waals surface area contributed by atoms with Gasteiger partial charge in [0.2, 0.25) is 0 Å². The summed E-state index contributed by atoms with van der Waals surface area (Å²) in [6, 6.07) is 0. The van der Waals surface area contributed by atoms with Gasteiger partial charge in [-0.2, -0.15) is 0 Å². The third-order valence-corrected chi connectivity index (χ3v) is 5.29. The monoisotopic (exact) mass is 300 g/mol. The lowest BCUT2D eigenvalue weighted by Gasteiger charge is -2.38. The molecule has 1 unspecified atom stereocenters. The highest BCUT2D eigenvalue weighted by atomic mass is 16.5. The smallest absolute Gasteiger partial charge is 0.143 e. The number of aryl methyl sites for hydroxylation is 1. The van der Waals surface area contributed by atoms with Gasteiger partial charge in [-0.1, -0.05) is 6.92 Å². The highest BCUT2D eigenvalue weighted by molar-refractivity contribution is 5.90. The molecule has 22 heavy (non-hydrogen) atoms. The Bertz CT molecular complexity index is 662. The Morgan fingerprint density at radius 3 is 3.00 bits per heavy atom. The van der Waals surface area contributed by atoms with Crippen LogP contribution in [0, 0.1) is 0 Å². The second kappa shape index (κ2) is 5.54. The molecule has 1 saturated carbocycles. The van der Waals surface area contributed by atoms with Crippen LogP contribution >= 0.6 is 0 Å². The molecule has 5 nitrogen and oxygen atoms in total. The molecule has 0 bridgehead atoms. The van der Waals surface area contributed by atoms with Gasteiger partial charge < -0.3 is 15.0 Å². The number of hydrogen-bond donors (Lipinski definition) is 2. The summed E-state index contributed by atoms with van der Waals surface area (Å²) in [5.74, 6) is 0.944. The number of anilines is 1. The second-order valence-corrected chi connectivity index (χ2v) is 6.64. The summed E-state index contributed by atoms with van der Waals surface area (Å²) in [7, 11) is 0. The van der Waals surface area contributed by atoms with Gasteiger partial charge in [0, 0.05) is 12.7 Å². The molecule has 0 radical (unpaired) electrons. The lowest BCUT2D eigenvalue weighted by Crippen LogP contribution is -2.37. The van der Waals surface area contributed by atoms with Gasteiger partial charge in [0.1, 0.15) is 17.8 Å². The van der Waals surface area contributed by atoms with Crippen LogP contribution in [0.3, 0.4) is 0 Å². The molecule has 0 aromatic carbocycles. The van der Waals surface area contributed by atoms with Crippen LogP contribution in [0.15, 0.2) is 12.5 Å². The summed E-state index contributed by atoms with van der Waals surface area (Å²) in [5, 5.41) is 4.62. The van der Waals surface area contributed by atoms with E-state index in [-0.39, 0.29) is 5.60 Å². The van der Waals surface area contributed by atoms with Gasteiger partial charge in [0.15, 0.2) is 0 Å². The van der Waals surface area contributed by atoms with E-state index in [1.54, 1.807) is 6.33 Å². The fraction of sp³-hybridized carbons (Fsp3) is 0.647. The molecule has 1 aliphatic carbocycles. The predicted molar refractivity (Wildman–Crippen MR) is 87.1 cm³/mol. The van der Waals surface area contributed by atoms with Gasteiger partial charge in [-0.15, -0.1) is 0 Å². The molecule has 2 aromatic heterocycles. The molecule has 2 N–H and O–H groups in total. The van der Waals surface area contributed by atoms with Crippen LogP contribution in [-0.4, -0.2) is 33.2 Å². The lowest BCUT2D eigenvalue weighted by atomic mass is 9.78. The number of hydrogen-bond acceptors (Lipinski definition) is 4. The molecular formula is C17H24N4O. The summed E-state index contributed by atoms with van der Waals surface area (Å²) in [4.78, 5) is 11.9. The number of ether oxygens (including phenoxy) is 1. The van der Waals surface area contributed by atoms with Gasteiger partial charge in [0.25, 0.3) is 0 Å². The van der Waals surface area contributed by atoms with E-state index < -0.39 is 0 Å². The molecular weight excluding hydrogens is 276 g/mol. The van der Waals surface area contributed by atoms with Gasteiger partial charge in [-0.3, -0.25) is 0 Å². The molecule has 1 saturated heterocycles. The molecule has 118 valence electrons. The Morgan fingerprint density at radius 1 is 1.36 bits per heavy atom. The Hall–Kier alpha value is -1.62. The first-order valence-electron chi connectivity index (χ1n) is 8.52. The third-order valence-electron chi connectivity index (χ3n) is 5.29. The Balaban J connectivity index is 1.39. The molecule has 5 heteroatoms. The summed E-state index contributed by atoms with van der Waals surface area (Å²) >= 11 is 0. The topological polar surface area (TPSA) is 62.8 Å². The standard InChI is InChI=1S/C17H24N4O/c1-2-12-10-19-16-14(12)15(20-11-21-16)18-9-5-13-4-8-17(22-13)6-3-7-17/h10-11,13H,2-9H2,1H3,(H2,18,19,20,21). The largest absolute Gasteiger partial charge is 0.372 e. The van der Waals surface area contributed by atoms with Gasteiger partial charge in [-0.05, 0) is 50.5 Å². The Morgan fingerprint density at radius 2 is 2.27 bits per heavy atom. The van der Waals surface area contributed by atoms with Crippen molar-refractivity contribution in [2.75, 3.05) is 11.9 Å². The minimum Gasteiger partial charge on any atom is -0.372 e. The van der Waals surface area contributed by atoms with Crippen LogP contribution in [0.5, 0.6) is 0 Å². The summed E-state index contributed by atoms with van der Waals surface area (Å²) < 4.78 is 6.26. The molecule has 1 atom stereocenters. The summed E-state index contributed by atoms with van der Waals surface area (Å²) in [6.07, 6.45) is 12.5.